The minimum atomic E-state index is -0.774. The van der Waals surface area contributed by atoms with Gasteiger partial charge in [0.05, 0.1) is 18.2 Å². The molecule has 1 aromatic rings. The predicted molar refractivity (Wildman–Crippen MR) is 60.4 cm³/mol. The molecule has 0 bridgehead atoms. The van der Waals surface area contributed by atoms with Gasteiger partial charge in [-0.25, -0.2) is 0 Å². The van der Waals surface area contributed by atoms with Crippen molar-refractivity contribution < 1.29 is 29.6 Å². The molecule has 0 saturated heterocycles. The van der Waals surface area contributed by atoms with Gasteiger partial charge >= 0.3 is 0 Å². The van der Waals surface area contributed by atoms with Gasteiger partial charge < -0.3 is 20.1 Å². The van der Waals surface area contributed by atoms with Crippen molar-refractivity contribution in [1.82, 2.24) is 0 Å². The van der Waals surface area contributed by atoms with Crippen LogP contribution in [0.2, 0.25) is 0 Å². The van der Waals surface area contributed by atoms with Gasteiger partial charge in [-0.05, 0) is 13.0 Å². The molecule has 0 spiro atoms. The lowest BCUT2D eigenvalue weighted by molar-refractivity contribution is 0.0978. The van der Waals surface area contributed by atoms with Crippen LogP contribution in [0.15, 0.2) is 11.6 Å². The molecule has 6 nitrogen and oxygen atoms in total. The van der Waals surface area contributed by atoms with E-state index in [4.69, 9.17) is 0 Å². The second-order valence-electron chi connectivity index (χ2n) is 3.85. The number of methoxy groups -OCH3 is 1. The molecule has 1 aliphatic carbocycles. The number of aromatic hydroxyl groups is 3. The summed E-state index contributed by atoms with van der Waals surface area (Å²) in [6, 6.07) is 0. The molecule has 0 radical (unpaired) electrons. The number of rotatable bonds is 1. The van der Waals surface area contributed by atoms with Gasteiger partial charge in [-0.3, -0.25) is 9.59 Å². The third kappa shape index (κ3) is 1.35. The Balaban J connectivity index is 2.91. The van der Waals surface area contributed by atoms with Crippen molar-refractivity contribution in [3.05, 3.63) is 22.8 Å². The fraction of sp³-hybridized carbons (Fsp3) is 0.167. The van der Waals surface area contributed by atoms with Crippen LogP contribution in [0.1, 0.15) is 27.6 Å². The zero-order valence-electron chi connectivity index (χ0n) is 9.64. The monoisotopic (exact) mass is 250 g/mol. The first-order valence-corrected chi connectivity index (χ1v) is 5.02. The summed E-state index contributed by atoms with van der Waals surface area (Å²) in [5.74, 6) is -3.91. The molecule has 6 heteroatoms. The lowest BCUT2D eigenvalue weighted by Crippen LogP contribution is -2.16. The van der Waals surface area contributed by atoms with E-state index in [-0.39, 0.29) is 11.1 Å². The fourth-order valence-electron chi connectivity index (χ4n) is 1.87. The number of phenolic OH excluding ortho intramolecular Hbond substituents is 3. The van der Waals surface area contributed by atoms with Crippen molar-refractivity contribution in [3.63, 3.8) is 0 Å². The van der Waals surface area contributed by atoms with Crippen LogP contribution in [0.4, 0.5) is 0 Å². The van der Waals surface area contributed by atoms with Crippen molar-refractivity contribution in [1.29, 1.82) is 0 Å². The quantitative estimate of drug-likeness (QED) is 0.510. The van der Waals surface area contributed by atoms with Crippen LogP contribution in [0.25, 0.3) is 0 Å². The number of carbonyl (C=O) groups excluding carboxylic acids is 2. The van der Waals surface area contributed by atoms with Crippen molar-refractivity contribution in [3.8, 4) is 23.0 Å². The Bertz CT molecular complexity index is 612. The molecule has 0 fully saturated rings. The molecule has 0 aliphatic heterocycles. The minimum absolute atomic E-state index is 0.117. The second kappa shape index (κ2) is 3.76. The molecule has 0 atom stereocenters. The van der Waals surface area contributed by atoms with E-state index in [0.29, 0.717) is 0 Å². The molecule has 3 N–H and O–H groups in total. The Labute approximate surface area is 102 Å². The van der Waals surface area contributed by atoms with Crippen LogP contribution in [-0.2, 0) is 0 Å². The van der Waals surface area contributed by atoms with Gasteiger partial charge in [0.1, 0.15) is 0 Å². The summed E-state index contributed by atoms with van der Waals surface area (Å²) in [6.07, 6.45) is 1.06. The largest absolute Gasteiger partial charge is 0.504 e. The highest BCUT2D eigenvalue weighted by atomic mass is 16.5. The van der Waals surface area contributed by atoms with Crippen molar-refractivity contribution in [2.24, 2.45) is 0 Å². The molecule has 94 valence electrons. The van der Waals surface area contributed by atoms with E-state index >= 15 is 0 Å². The van der Waals surface area contributed by atoms with Gasteiger partial charge in [0, 0.05) is 5.57 Å². The Morgan fingerprint density at radius 3 is 2.17 bits per heavy atom. The molecular formula is C12H10O6. The van der Waals surface area contributed by atoms with Gasteiger partial charge in [0.15, 0.2) is 23.1 Å². The third-order valence-electron chi connectivity index (χ3n) is 2.76. The topological polar surface area (TPSA) is 104 Å². The molecule has 2 rings (SSSR count). The maximum Gasteiger partial charge on any atom is 0.207 e. The van der Waals surface area contributed by atoms with Crippen molar-refractivity contribution in [2.75, 3.05) is 7.11 Å². The van der Waals surface area contributed by atoms with Gasteiger partial charge in [-0.15, -0.1) is 0 Å². The van der Waals surface area contributed by atoms with E-state index < -0.39 is 40.1 Å². The fourth-order valence-corrected chi connectivity index (χ4v) is 1.87. The molecular weight excluding hydrogens is 240 g/mol. The van der Waals surface area contributed by atoms with E-state index in [1.165, 1.54) is 6.92 Å². The highest BCUT2D eigenvalue weighted by Crippen LogP contribution is 2.49. The average Bonchev–Trinajstić information content (AvgIpc) is 2.31. The summed E-state index contributed by atoms with van der Waals surface area (Å²) in [4.78, 5) is 23.6. The number of hydrogen-bond donors (Lipinski definition) is 3. The molecule has 0 aromatic heterocycles. The van der Waals surface area contributed by atoms with Crippen LogP contribution in [-0.4, -0.2) is 34.0 Å². The summed E-state index contributed by atoms with van der Waals surface area (Å²) < 4.78 is 4.69. The molecule has 0 unspecified atom stereocenters. The first-order chi connectivity index (χ1) is 8.40. The Morgan fingerprint density at radius 2 is 1.61 bits per heavy atom. The summed E-state index contributed by atoms with van der Waals surface area (Å²) in [6.45, 7) is 1.40. The van der Waals surface area contributed by atoms with E-state index in [9.17, 15) is 24.9 Å². The van der Waals surface area contributed by atoms with E-state index in [1.807, 2.05) is 0 Å². The second-order valence-corrected chi connectivity index (χ2v) is 3.85. The van der Waals surface area contributed by atoms with Gasteiger partial charge in [-0.1, -0.05) is 0 Å². The van der Waals surface area contributed by atoms with Crippen molar-refractivity contribution >= 4 is 11.6 Å². The van der Waals surface area contributed by atoms with Gasteiger partial charge in [0.25, 0.3) is 0 Å². The predicted octanol–water partition coefficient (Wildman–Crippen LogP) is 1.14. The van der Waals surface area contributed by atoms with Crippen LogP contribution < -0.4 is 4.74 Å². The first kappa shape index (κ1) is 12.0. The average molecular weight is 250 g/mol. The van der Waals surface area contributed by atoms with Crippen LogP contribution in [0.5, 0.6) is 23.0 Å². The van der Waals surface area contributed by atoms with Crippen LogP contribution in [0, 0.1) is 0 Å². The number of ether oxygens (including phenoxy) is 1. The maximum atomic E-state index is 11.8. The number of allylic oxidation sites excluding steroid dienone is 2. The number of benzene rings is 1. The summed E-state index contributed by atoms with van der Waals surface area (Å²) in [5.41, 5.74) is -0.652. The summed E-state index contributed by atoms with van der Waals surface area (Å²) in [5, 5.41) is 29.2. The normalized spacial score (nSPS) is 14.2. The molecule has 18 heavy (non-hydrogen) atoms. The maximum absolute atomic E-state index is 11.8. The number of carbonyl (C=O) groups is 2. The highest BCUT2D eigenvalue weighted by molar-refractivity contribution is 6.27. The van der Waals surface area contributed by atoms with E-state index in [0.717, 1.165) is 13.2 Å². The number of ketones is 2. The SMILES string of the molecule is COc1c(O)c(O)c2c(c1O)C(=O)C=C(C)C2=O. The highest BCUT2D eigenvalue weighted by Gasteiger charge is 2.34. The first-order valence-electron chi connectivity index (χ1n) is 5.02. The lowest BCUT2D eigenvalue weighted by atomic mass is 9.88. The number of phenols is 3. The lowest BCUT2D eigenvalue weighted by Gasteiger charge is -2.18. The Kier molecular flexibility index (Phi) is 2.50. The molecule has 1 aromatic carbocycles. The Hall–Kier alpha value is -2.50. The zero-order valence-corrected chi connectivity index (χ0v) is 9.64. The molecule has 0 saturated carbocycles. The van der Waals surface area contributed by atoms with Gasteiger partial charge in [-0.2, -0.15) is 0 Å². The standard InChI is InChI=1S/C12H10O6/c1-4-3-5(13)6-7(8(4)14)9(15)11(17)12(18-2)10(6)16/h3,15-17H,1-2H3. The summed E-state index contributed by atoms with van der Waals surface area (Å²) >= 11 is 0. The van der Waals surface area contributed by atoms with Crippen molar-refractivity contribution in [2.45, 2.75) is 6.92 Å². The number of Topliss-reactive ketones (excluding diaryl/α,β-unsaturated/α-hetero) is 1. The molecule has 1 aliphatic rings. The molecule has 0 heterocycles. The van der Waals surface area contributed by atoms with Crippen LogP contribution in [0.3, 0.4) is 0 Å². The van der Waals surface area contributed by atoms with E-state index in [1.54, 1.807) is 0 Å². The van der Waals surface area contributed by atoms with Gasteiger partial charge in [0.2, 0.25) is 11.5 Å². The Morgan fingerprint density at radius 1 is 1.00 bits per heavy atom. The van der Waals surface area contributed by atoms with E-state index in [2.05, 4.69) is 4.74 Å². The zero-order chi connectivity index (χ0) is 13.6. The third-order valence-corrected chi connectivity index (χ3v) is 2.76. The number of hydrogen-bond acceptors (Lipinski definition) is 6. The smallest absolute Gasteiger partial charge is 0.207 e. The summed E-state index contributed by atoms with van der Waals surface area (Å²) in [7, 11) is 1.15. The minimum Gasteiger partial charge on any atom is -0.504 e. The number of fused-ring (bicyclic) bond motifs is 1. The molecule has 0 amide bonds. The van der Waals surface area contributed by atoms with Crippen LogP contribution >= 0.6 is 0 Å².